The zero-order chi connectivity index (χ0) is 24.3. The molecule has 3 aromatic rings. The highest BCUT2D eigenvalue weighted by Gasteiger charge is 2.22. The summed E-state index contributed by atoms with van der Waals surface area (Å²) >= 11 is 0. The van der Waals surface area contributed by atoms with Gasteiger partial charge in [0.05, 0.1) is 44.1 Å². The second kappa shape index (κ2) is 9.64. The van der Waals surface area contributed by atoms with E-state index in [4.69, 9.17) is 13.9 Å². The van der Waals surface area contributed by atoms with E-state index >= 15 is 0 Å². The van der Waals surface area contributed by atoms with Crippen LogP contribution < -0.4 is 20.4 Å². The molecule has 3 N–H and O–H groups in total. The molecule has 2 aromatic carbocycles. The number of aryl methyl sites for hydroxylation is 2. The number of carbonyl (C=O) groups is 2. The molecule has 0 bridgehead atoms. The first-order valence-electron chi connectivity index (χ1n) is 10.1. The SMILES string of the molecule is COc1ccc([C@H](CC(=O)O)NC(=O)Cc2c(C)c3c(O)cc(C)cc3oc2=O)cc1OC. The zero-order valence-electron chi connectivity index (χ0n) is 18.7. The summed E-state index contributed by atoms with van der Waals surface area (Å²) in [5.41, 5.74) is 1.27. The van der Waals surface area contributed by atoms with Gasteiger partial charge in [-0.1, -0.05) is 6.07 Å². The number of carboxylic acid groups (broad SMARTS) is 1. The minimum atomic E-state index is -1.11. The zero-order valence-corrected chi connectivity index (χ0v) is 18.7. The van der Waals surface area contributed by atoms with Crippen LogP contribution in [0.2, 0.25) is 0 Å². The number of carbonyl (C=O) groups excluding carboxylic acids is 1. The molecule has 1 aromatic heterocycles. The minimum absolute atomic E-state index is 0.0537. The number of aromatic hydroxyl groups is 1. The van der Waals surface area contributed by atoms with Crippen molar-refractivity contribution in [2.45, 2.75) is 32.7 Å². The second-order valence-corrected chi connectivity index (χ2v) is 7.66. The monoisotopic (exact) mass is 455 g/mol. The van der Waals surface area contributed by atoms with Gasteiger partial charge in [0.25, 0.3) is 0 Å². The van der Waals surface area contributed by atoms with Crippen LogP contribution in [0.15, 0.2) is 39.5 Å². The Morgan fingerprint density at radius 3 is 2.42 bits per heavy atom. The number of hydrogen-bond acceptors (Lipinski definition) is 7. The van der Waals surface area contributed by atoms with Gasteiger partial charge in [-0.3, -0.25) is 9.59 Å². The molecule has 0 saturated heterocycles. The third-order valence-electron chi connectivity index (χ3n) is 5.36. The summed E-state index contributed by atoms with van der Waals surface area (Å²) in [4.78, 5) is 36.8. The molecule has 0 unspecified atom stereocenters. The molecular weight excluding hydrogens is 430 g/mol. The van der Waals surface area contributed by atoms with E-state index in [0.29, 0.717) is 28.0 Å². The Balaban J connectivity index is 1.92. The van der Waals surface area contributed by atoms with E-state index in [1.165, 1.54) is 14.2 Å². The smallest absolute Gasteiger partial charge is 0.340 e. The van der Waals surface area contributed by atoms with E-state index in [-0.39, 0.29) is 29.7 Å². The molecule has 3 rings (SSSR count). The minimum Gasteiger partial charge on any atom is -0.507 e. The molecule has 0 aliphatic carbocycles. The third-order valence-corrected chi connectivity index (χ3v) is 5.36. The maximum absolute atomic E-state index is 12.8. The van der Waals surface area contributed by atoms with Gasteiger partial charge in [-0.05, 0) is 54.8 Å². The first kappa shape index (κ1) is 23.6. The quantitative estimate of drug-likeness (QED) is 0.441. The largest absolute Gasteiger partial charge is 0.507 e. The number of phenols is 1. The summed E-state index contributed by atoms with van der Waals surface area (Å²) in [7, 11) is 2.93. The van der Waals surface area contributed by atoms with Crippen molar-refractivity contribution < 1.29 is 33.7 Å². The van der Waals surface area contributed by atoms with Crippen molar-refractivity contribution in [3.8, 4) is 17.2 Å². The van der Waals surface area contributed by atoms with Crippen LogP contribution in [0.25, 0.3) is 11.0 Å². The fraction of sp³-hybridized carbons (Fsp3) is 0.292. The number of fused-ring (bicyclic) bond motifs is 1. The predicted octanol–water partition coefficient (Wildman–Crippen LogP) is 3.01. The summed E-state index contributed by atoms with van der Waals surface area (Å²) in [5.74, 6) is -0.895. The van der Waals surface area contributed by atoms with Crippen LogP contribution in [-0.2, 0) is 16.0 Å². The van der Waals surface area contributed by atoms with Crippen molar-refractivity contribution in [2.75, 3.05) is 14.2 Å². The Bertz CT molecular complexity index is 1280. The molecule has 1 amide bonds. The van der Waals surface area contributed by atoms with Crippen molar-refractivity contribution in [2.24, 2.45) is 0 Å². The Morgan fingerprint density at radius 1 is 1.09 bits per heavy atom. The molecule has 0 radical (unpaired) electrons. The van der Waals surface area contributed by atoms with Crippen LogP contribution in [0, 0.1) is 13.8 Å². The lowest BCUT2D eigenvalue weighted by Gasteiger charge is -2.19. The summed E-state index contributed by atoms with van der Waals surface area (Å²) in [6, 6.07) is 7.13. The molecule has 33 heavy (non-hydrogen) atoms. The standard InChI is InChI=1S/C24H25NO8/c1-12-7-17(26)23-13(2)15(24(30)33-20(23)8-12)10-21(27)25-16(11-22(28)29)14-5-6-18(31-3)19(9-14)32-4/h5-9,16,26H,10-11H2,1-4H3,(H,25,27)(H,28,29)/t16-/m0/s1. The molecular formula is C24H25NO8. The normalized spacial score (nSPS) is 11.8. The highest BCUT2D eigenvalue weighted by Crippen LogP contribution is 2.32. The lowest BCUT2D eigenvalue weighted by Crippen LogP contribution is -2.32. The van der Waals surface area contributed by atoms with Gasteiger partial charge in [0.15, 0.2) is 11.5 Å². The number of ether oxygens (including phenoxy) is 2. The number of carboxylic acids is 1. The highest BCUT2D eigenvalue weighted by atomic mass is 16.5. The average molecular weight is 455 g/mol. The topological polar surface area (TPSA) is 135 Å². The number of nitrogens with one attached hydrogen (secondary N) is 1. The Kier molecular flexibility index (Phi) is 6.91. The molecule has 0 fully saturated rings. The van der Waals surface area contributed by atoms with Crippen molar-refractivity contribution in [3.63, 3.8) is 0 Å². The number of aliphatic carboxylic acids is 1. The van der Waals surface area contributed by atoms with Crippen LogP contribution in [0.4, 0.5) is 0 Å². The van der Waals surface area contributed by atoms with Crippen molar-refractivity contribution in [1.82, 2.24) is 5.32 Å². The van der Waals surface area contributed by atoms with E-state index in [1.54, 1.807) is 44.2 Å². The highest BCUT2D eigenvalue weighted by molar-refractivity contribution is 5.89. The lowest BCUT2D eigenvalue weighted by molar-refractivity contribution is -0.137. The van der Waals surface area contributed by atoms with Gasteiger partial charge in [0.2, 0.25) is 5.91 Å². The molecule has 1 heterocycles. The maximum atomic E-state index is 12.8. The Hall–Kier alpha value is -4.01. The van der Waals surface area contributed by atoms with E-state index in [9.17, 15) is 24.6 Å². The average Bonchev–Trinajstić information content (AvgIpc) is 2.74. The first-order valence-corrected chi connectivity index (χ1v) is 10.1. The van der Waals surface area contributed by atoms with E-state index in [1.807, 2.05) is 0 Å². The number of phenolic OH excluding ortho intramolecular Hbond substituents is 1. The number of hydrogen-bond donors (Lipinski definition) is 3. The molecule has 9 nitrogen and oxygen atoms in total. The van der Waals surface area contributed by atoms with Crippen LogP contribution in [0.5, 0.6) is 17.2 Å². The molecule has 174 valence electrons. The van der Waals surface area contributed by atoms with Gasteiger partial charge in [-0.15, -0.1) is 0 Å². The second-order valence-electron chi connectivity index (χ2n) is 7.66. The number of methoxy groups -OCH3 is 2. The van der Waals surface area contributed by atoms with Gasteiger partial charge in [-0.25, -0.2) is 4.79 Å². The molecule has 0 spiro atoms. The predicted molar refractivity (Wildman–Crippen MR) is 120 cm³/mol. The summed E-state index contributed by atoms with van der Waals surface area (Å²) in [6.45, 7) is 3.38. The Morgan fingerprint density at radius 2 is 1.79 bits per heavy atom. The fourth-order valence-electron chi connectivity index (χ4n) is 3.76. The van der Waals surface area contributed by atoms with Crippen molar-refractivity contribution >= 4 is 22.8 Å². The van der Waals surface area contributed by atoms with Gasteiger partial charge in [-0.2, -0.15) is 0 Å². The molecule has 0 aliphatic heterocycles. The van der Waals surface area contributed by atoms with Crippen LogP contribution in [0.1, 0.15) is 34.7 Å². The van der Waals surface area contributed by atoms with Crippen LogP contribution in [0.3, 0.4) is 0 Å². The van der Waals surface area contributed by atoms with E-state index < -0.39 is 23.5 Å². The fourth-order valence-corrected chi connectivity index (χ4v) is 3.76. The van der Waals surface area contributed by atoms with Crippen molar-refractivity contribution in [1.29, 1.82) is 0 Å². The summed E-state index contributed by atoms with van der Waals surface area (Å²) in [6.07, 6.45) is -0.729. The molecule has 0 aliphatic rings. The molecule has 0 saturated carbocycles. The molecule has 9 heteroatoms. The van der Waals surface area contributed by atoms with Gasteiger partial charge in [0.1, 0.15) is 11.3 Å². The van der Waals surface area contributed by atoms with Crippen molar-refractivity contribution in [3.05, 3.63) is 63.0 Å². The van der Waals surface area contributed by atoms with Gasteiger partial charge in [0, 0.05) is 0 Å². The number of amides is 1. The van der Waals surface area contributed by atoms with E-state index in [0.717, 1.165) is 5.56 Å². The number of rotatable bonds is 8. The van der Waals surface area contributed by atoms with E-state index in [2.05, 4.69) is 5.32 Å². The summed E-state index contributed by atoms with van der Waals surface area (Å²) < 4.78 is 15.8. The molecule has 1 atom stereocenters. The first-order chi connectivity index (χ1) is 15.6. The van der Waals surface area contributed by atoms with Gasteiger partial charge < -0.3 is 29.4 Å². The third kappa shape index (κ3) is 5.08. The van der Waals surface area contributed by atoms with Crippen LogP contribution >= 0.6 is 0 Å². The lowest BCUT2D eigenvalue weighted by atomic mass is 10.00. The maximum Gasteiger partial charge on any atom is 0.340 e. The summed E-state index contributed by atoms with van der Waals surface area (Å²) in [5, 5.41) is 22.7. The Labute approximate surface area is 189 Å². The van der Waals surface area contributed by atoms with Gasteiger partial charge >= 0.3 is 11.6 Å². The van der Waals surface area contributed by atoms with Crippen LogP contribution in [-0.4, -0.2) is 36.3 Å². The number of benzene rings is 2.